The van der Waals surface area contributed by atoms with Crippen LogP contribution in [0.4, 0.5) is 0 Å². The highest BCUT2D eigenvalue weighted by Gasteiger charge is 2.29. The van der Waals surface area contributed by atoms with Crippen LogP contribution < -0.4 is 20.5 Å². The highest BCUT2D eigenvalue weighted by atomic mass is 16.6. The molecule has 0 spiro atoms. The molecule has 0 bridgehead atoms. The lowest BCUT2D eigenvalue weighted by molar-refractivity contribution is -0.123. The van der Waals surface area contributed by atoms with E-state index in [9.17, 15) is 4.79 Å². The third-order valence-corrected chi connectivity index (χ3v) is 5.56. The lowest BCUT2D eigenvalue weighted by Crippen LogP contribution is -2.44. The standard InChI is InChI=1S/C22H26N2O3/c23-22(25)17-5-1-2-6-18(17)24-13-15-9-11-16(12-10-15)21-14-26-19-7-3-4-8-20(19)27-21/h3-4,7-12,17-18,21,24H,1-2,5-6,13-14H2,(H2,23,25). The van der Waals surface area contributed by atoms with Gasteiger partial charge in [0.05, 0.1) is 5.92 Å². The van der Waals surface area contributed by atoms with Crippen LogP contribution in [-0.2, 0) is 11.3 Å². The molecular weight excluding hydrogens is 340 g/mol. The van der Waals surface area contributed by atoms with Crippen molar-refractivity contribution in [3.05, 3.63) is 59.7 Å². The van der Waals surface area contributed by atoms with Gasteiger partial charge in [-0.2, -0.15) is 0 Å². The molecule has 27 heavy (non-hydrogen) atoms. The van der Waals surface area contributed by atoms with Gasteiger partial charge in [-0.1, -0.05) is 49.2 Å². The number of fused-ring (bicyclic) bond motifs is 1. The van der Waals surface area contributed by atoms with Crippen molar-refractivity contribution >= 4 is 5.91 Å². The summed E-state index contributed by atoms with van der Waals surface area (Å²) in [6, 6.07) is 16.3. The van der Waals surface area contributed by atoms with Crippen molar-refractivity contribution in [2.45, 2.75) is 44.4 Å². The number of amides is 1. The minimum atomic E-state index is -0.183. The quantitative estimate of drug-likeness (QED) is 0.851. The zero-order valence-electron chi connectivity index (χ0n) is 15.4. The molecule has 2 aliphatic rings. The van der Waals surface area contributed by atoms with Crippen LogP contribution in [0.5, 0.6) is 11.5 Å². The van der Waals surface area contributed by atoms with Crippen molar-refractivity contribution in [3.8, 4) is 11.5 Å². The second kappa shape index (κ2) is 8.01. The van der Waals surface area contributed by atoms with Crippen LogP contribution in [0.3, 0.4) is 0 Å². The van der Waals surface area contributed by atoms with Crippen LogP contribution in [-0.4, -0.2) is 18.6 Å². The van der Waals surface area contributed by atoms with Crippen molar-refractivity contribution in [2.75, 3.05) is 6.61 Å². The third kappa shape index (κ3) is 4.08. The molecule has 3 atom stereocenters. The summed E-state index contributed by atoms with van der Waals surface area (Å²) in [5.41, 5.74) is 7.84. The minimum absolute atomic E-state index is 0.0501. The minimum Gasteiger partial charge on any atom is -0.485 e. The molecule has 1 saturated carbocycles. The van der Waals surface area contributed by atoms with E-state index in [1.807, 2.05) is 24.3 Å². The Bertz CT molecular complexity index is 790. The van der Waals surface area contributed by atoms with Crippen molar-refractivity contribution in [1.29, 1.82) is 0 Å². The molecule has 1 aliphatic carbocycles. The summed E-state index contributed by atoms with van der Waals surface area (Å²) in [5, 5.41) is 3.52. The first-order chi connectivity index (χ1) is 13.2. The van der Waals surface area contributed by atoms with E-state index in [2.05, 4.69) is 29.6 Å². The summed E-state index contributed by atoms with van der Waals surface area (Å²) < 4.78 is 11.9. The van der Waals surface area contributed by atoms with E-state index in [1.165, 1.54) is 5.56 Å². The molecule has 2 aromatic rings. The highest BCUT2D eigenvalue weighted by molar-refractivity contribution is 5.77. The zero-order chi connectivity index (χ0) is 18.6. The van der Waals surface area contributed by atoms with Gasteiger partial charge in [0.25, 0.3) is 0 Å². The molecule has 5 heteroatoms. The van der Waals surface area contributed by atoms with E-state index in [4.69, 9.17) is 15.2 Å². The maximum absolute atomic E-state index is 11.6. The van der Waals surface area contributed by atoms with Crippen molar-refractivity contribution in [1.82, 2.24) is 5.32 Å². The fraction of sp³-hybridized carbons (Fsp3) is 0.409. The monoisotopic (exact) mass is 366 g/mol. The van der Waals surface area contributed by atoms with Crippen LogP contribution in [0.15, 0.2) is 48.5 Å². The van der Waals surface area contributed by atoms with Gasteiger partial charge < -0.3 is 20.5 Å². The molecular formula is C22H26N2O3. The van der Waals surface area contributed by atoms with Crippen LogP contribution in [0.1, 0.15) is 42.9 Å². The SMILES string of the molecule is NC(=O)C1CCCCC1NCc1ccc(C2COc3ccccc3O2)cc1. The Morgan fingerprint density at radius 1 is 1.04 bits per heavy atom. The number of rotatable bonds is 5. The molecule has 142 valence electrons. The molecule has 1 fully saturated rings. The summed E-state index contributed by atoms with van der Waals surface area (Å²) in [7, 11) is 0. The Hall–Kier alpha value is -2.53. The van der Waals surface area contributed by atoms with Gasteiger partial charge in [0.15, 0.2) is 17.6 Å². The number of para-hydroxylation sites is 2. The van der Waals surface area contributed by atoms with Gasteiger partial charge in [-0.25, -0.2) is 0 Å². The number of ether oxygens (including phenoxy) is 2. The normalized spacial score (nSPS) is 24.4. The Balaban J connectivity index is 1.36. The van der Waals surface area contributed by atoms with Gasteiger partial charge in [0.1, 0.15) is 6.61 Å². The second-order valence-corrected chi connectivity index (χ2v) is 7.39. The van der Waals surface area contributed by atoms with E-state index in [0.29, 0.717) is 6.61 Å². The molecule has 2 aromatic carbocycles. The van der Waals surface area contributed by atoms with E-state index in [1.54, 1.807) is 0 Å². The lowest BCUT2D eigenvalue weighted by atomic mass is 9.84. The van der Waals surface area contributed by atoms with Crippen LogP contribution >= 0.6 is 0 Å². The van der Waals surface area contributed by atoms with E-state index in [-0.39, 0.29) is 24.0 Å². The van der Waals surface area contributed by atoms with Gasteiger partial charge in [-0.05, 0) is 36.1 Å². The number of nitrogens with two attached hydrogens (primary N) is 1. The molecule has 0 radical (unpaired) electrons. The van der Waals surface area contributed by atoms with E-state index < -0.39 is 0 Å². The average Bonchev–Trinajstić information content (AvgIpc) is 2.72. The number of primary amides is 1. The summed E-state index contributed by atoms with van der Waals surface area (Å²) in [5.74, 6) is 1.35. The molecule has 1 heterocycles. The predicted octanol–water partition coefficient (Wildman–Crippen LogP) is 3.33. The summed E-state index contributed by atoms with van der Waals surface area (Å²) in [6.07, 6.45) is 4.05. The molecule has 4 rings (SSSR count). The molecule has 0 aromatic heterocycles. The number of benzene rings is 2. The van der Waals surface area contributed by atoms with E-state index in [0.717, 1.165) is 49.3 Å². The Labute approximate surface area is 159 Å². The van der Waals surface area contributed by atoms with Gasteiger partial charge in [0, 0.05) is 12.6 Å². The largest absolute Gasteiger partial charge is 0.485 e. The van der Waals surface area contributed by atoms with Gasteiger partial charge in [0.2, 0.25) is 5.91 Å². The van der Waals surface area contributed by atoms with Crippen LogP contribution in [0, 0.1) is 5.92 Å². The Morgan fingerprint density at radius 2 is 1.78 bits per heavy atom. The smallest absolute Gasteiger partial charge is 0.222 e. The fourth-order valence-electron chi connectivity index (χ4n) is 4.00. The van der Waals surface area contributed by atoms with Gasteiger partial charge >= 0.3 is 0 Å². The molecule has 0 saturated heterocycles. The second-order valence-electron chi connectivity index (χ2n) is 7.39. The van der Waals surface area contributed by atoms with Crippen molar-refractivity contribution in [2.24, 2.45) is 11.7 Å². The summed E-state index contributed by atoms with van der Waals surface area (Å²) in [6.45, 7) is 1.25. The molecule has 1 aliphatic heterocycles. The first-order valence-electron chi connectivity index (χ1n) is 9.71. The molecule has 5 nitrogen and oxygen atoms in total. The van der Waals surface area contributed by atoms with E-state index >= 15 is 0 Å². The van der Waals surface area contributed by atoms with Crippen molar-refractivity contribution < 1.29 is 14.3 Å². The molecule has 1 amide bonds. The number of carbonyl (C=O) groups is 1. The van der Waals surface area contributed by atoms with Crippen LogP contribution in [0.25, 0.3) is 0 Å². The Morgan fingerprint density at radius 3 is 2.56 bits per heavy atom. The maximum atomic E-state index is 11.6. The number of hydrogen-bond acceptors (Lipinski definition) is 4. The molecule has 3 unspecified atom stereocenters. The lowest BCUT2D eigenvalue weighted by Gasteiger charge is -2.30. The predicted molar refractivity (Wildman–Crippen MR) is 104 cm³/mol. The fourth-order valence-corrected chi connectivity index (χ4v) is 4.00. The third-order valence-electron chi connectivity index (χ3n) is 5.56. The summed E-state index contributed by atoms with van der Waals surface area (Å²) >= 11 is 0. The van der Waals surface area contributed by atoms with Gasteiger partial charge in [-0.15, -0.1) is 0 Å². The number of hydrogen-bond donors (Lipinski definition) is 2. The average molecular weight is 366 g/mol. The molecule has 3 N–H and O–H groups in total. The number of nitrogens with one attached hydrogen (secondary N) is 1. The summed E-state index contributed by atoms with van der Waals surface area (Å²) in [4.78, 5) is 11.6. The first kappa shape index (κ1) is 17.9. The van der Waals surface area contributed by atoms with Crippen molar-refractivity contribution in [3.63, 3.8) is 0 Å². The number of carbonyl (C=O) groups excluding carboxylic acids is 1. The maximum Gasteiger partial charge on any atom is 0.222 e. The zero-order valence-corrected chi connectivity index (χ0v) is 15.4. The Kier molecular flexibility index (Phi) is 5.30. The first-order valence-corrected chi connectivity index (χ1v) is 9.71. The van der Waals surface area contributed by atoms with Gasteiger partial charge in [-0.3, -0.25) is 4.79 Å². The van der Waals surface area contributed by atoms with Crippen LogP contribution in [0.2, 0.25) is 0 Å². The topological polar surface area (TPSA) is 73.6 Å². The highest BCUT2D eigenvalue weighted by Crippen LogP contribution is 2.35.